The summed E-state index contributed by atoms with van der Waals surface area (Å²) in [7, 11) is 0. The molecule has 0 aliphatic carbocycles. The molecule has 0 aliphatic heterocycles. The SMILES string of the molecule is CC.Cc1c(Cl)cnc2ccc(=O)[nH]c12. The van der Waals surface area contributed by atoms with Crippen molar-refractivity contribution in [1.29, 1.82) is 0 Å². The van der Waals surface area contributed by atoms with Crippen LogP contribution in [0.1, 0.15) is 19.4 Å². The number of nitrogens with zero attached hydrogens (tertiary/aromatic N) is 1. The van der Waals surface area contributed by atoms with Gasteiger partial charge in [-0.25, -0.2) is 0 Å². The molecule has 2 heterocycles. The smallest absolute Gasteiger partial charge is 0.248 e. The van der Waals surface area contributed by atoms with Gasteiger partial charge in [-0.2, -0.15) is 0 Å². The Balaban J connectivity index is 0.000000531. The Hall–Kier alpha value is -1.35. The normalized spacial score (nSPS) is 9.60. The van der Waals surface area contributed by atoms with Crippen molar-refractivity contribution in [2.45, 2.75) is 20.8 Å². The maximum Gasteiger partial charge on any atom is 0.248 e. The van der Waals surface area contributed by atoms with Crippen molar-refractivity contribution in [1.82, 2.24) is 9.97 Å². The molecule has 0 saturated heterocycles. The highest BCUT2D eigenvalue weighted by Crippen LogP contribution is 2.19. The van der Waals surface area contributed by atoms with Gasteiger partial charge in [-0.15, -0.1) is 0 Å². The minimum absolute atomic E-state index is 0.139. The van der Waals surface area contributed by atoms with E-state index in [4.69, 9.17) is 11.6 Å². The lowest BCUT2D eigenvalue weighted by atomic mass is 10.2. The molecule has 2 aromatic rings. The molecule has 0 aliphatic rings. The van der Waals surface area contributed by atoms with E-state index < -0.39 is 0 Å². The van der Waals surface area contributed by atoms with Crippen molar-refractivity contribution in [3.8, 4) is 0 Å². The molecule has 0 spiro atoms. The lowest BCUT2D eigenvalue weighted by Crippen LogP contribution is -2.04. The monoisotopic (exact) mass is 224 g/mol. The summed E-state index contributed by atoms with van der Waals surface area (Å²) in [6.45, 7) is 5.85. The van der Waals surface area contributed by atoms with Crippen LogP contribution < -0.4 is 5.56 Å². The molecule has 15 heavy (non-hydrogen) atoms. The lowest BCUT2D eigenvalue weighted by Gasteiger charge is -2.01. The maximum atomic E-state index is 11.0. The Morgan fingerprint density at radius 1 is 1.33 bits per heavy atom. The second-order valence-electron chi connectivity index (χ2n) is 2.81. The van der Waals surface area contributed by atoms with Crippen LogP contribution in [0, 0.1) is 6.92 Å². The molecule has 0 bridgehead atoms. The molecule has 1 N–H and O–H groups in total. The largest absolute Gasteiger partial charge is 0.320 e. The highest BCUT2D eigenvalue weighted by Gasteiger charge is 2.02. The summed E-state index contributed by atoms with van der Waals surface area (Å²) < 4.78 is 0. The van der Waals surface area contributed by atoms with E-state index in [1.165, 1.54) is 6.07 Å². The van der Waals surface area contributed by atoms with Gasteiger partial charge in [0.25, 0.3) is 0 Å². The Morgan fingerprint density at radius 2 is 2.00 bits per heavy atom. The van der Waals surface area contributed by atoms with E-state index in [-0.39, 0.29) is 5.56 Å². The maximum absolute atomic E-state index is 11.0. The topological polar surface area (TPSA) is 45.8 Å². The van der Waals surface area contributed by atoms with Crippen LogP contribution in [-0.2, 0) is 0 Å². The Morgan fingerprint density at radius 3 is 2.67 bits per heavy atom. The van der Waals surface area contributed by atoms with Gasteiger partial charge in [0, 0.05) is 12.3 Å². The molecule has 80 valence electrons. The number of pyridine rings is 2. The molecule has 2 rings (SSSR count). The van der Waals surface area contributed by atoms with Crippen LogP contribution in [-0.4, -0.2) is 9.97 Å². The summed E-state index contributed by atoms with van der Waals surface area (Å²) in [5.74, 6) is 0. The number of aryl methyl sites for hydroxylation is 1. The van der Waals surface area contributed by atoms with E-state index >= 15 is 0 Å². The summed E-state index contributed by atoms with van der Waals surface area (Å²) in [5.41, 5.74) is 2.17. The van der Waals surface area contributed by atoms with Crippen LogP contribution in [0.5, 0.6) is 0 Å². The molecule has 0 radical (unpaired) electrons. The molecule has 0 atom stereocenters. The minimum atomic E-state index is -0.139. The van der Waals surface area contributed by atoms with Crippen LogP contribution in [0.2, 0.25) is 5.02 Å². The third-order valence-electron chi connectivity index (χ3n) is 1.95. The van der Waals surface area contributed by atoms with Crippen molar-refractivity contribution >= 4 is 22.6 Å². The average Bonchev–Trinajstić information content (AvgIpc) is 2.27. The fourth-order valence-corrected chi connectivity index (χ4v) is 1.35. The number of aromatic nitrogens is 2. The number of hydrogen-bond donors (Lipinski definition) is 1. The molecular weight excluding hydrogens is 212 g/mol. The second kappa shape index (κ2) is 4.94. The van der Waals surface area contributed by atoms with Crippen molar-refractivity contribution in [3.05, 3.63) is 39.3 Å². The van der Waals surface area contributed by atoms with Gasteiger partial charge in [0.2, 0.25) is 5.56 Å². The van der Waals surface area contributed by atoms with E-state index in [1.54, 1.807) is 12.3 Å². The van der Waals surface area contributed by atoms with Gasteiger partial charge in [-0.05, 0) is 18.6 Å². The molecule has 4 heteroatoms. The van der Waals surface area contributed by atoms with Crippen molar-refractivity contribution in [2.75, 3.05) is 0 Å². The van der Waals surface area contributed by atoms with Gasteiger partial charge >= 0.3 is 0 Å². The van der Waals surface area contributed by atoms with E-state index in [2.05, 4.69) is 9.97 Å². The van der Waals surface area contributed by atoms with Crippen molar-refractivity contribution in [2.24, 2.45) is 0 Å². The third-order valence-corrected chi connectivity index (χ3v) is 2.33. The van der Waals surface area contributed by atoms with Gasteiger partial charge in [0.1, 0.15) is 0 Å². The molecule has 0 aromatic carbocycles. The lowest BCUT2D eigenvalue weighted by molar-refractivity contribution is 1.25. The Bertz CT molecular complexity index is 519. The number of hydrogen-bond acceptors (Lipinski definition) is 2. The summed E-state index contributed by atoms with van der Waals surface area (Å²) in [6.07, 6.45) is 1.58. The highest BCUT2D eigenvalue weighted by molar-refractivity contribution is 6.31. The average molecular weight is 225 g/mol. The van der Waals surface area contributed by atoms with Crippen LogP contribution >= 0.6 is 11.6 Å². The summed E-state index contributed by atoms with van der Waals surface area (Å²) >= 11 is 5.86. The van der Waals surface area contributed by atoms with Gasteiger partial charge in [0.15, 0.2) is 0 Å². The number of halogens is 1. The summed E-state index contributed by atoms with van der Waals surface area (Å²) in [4.78, 5) is 17.8. The Labute approximate surface area is 93.1 Å². The van der Waals surface area contributed by atoms with E-state index in [0.717, 1.165) is 11.1 Å². The zero-order valence-corrected chi connectivity index (χ0v) is 9.72. The molecule has 0 fully saturated rings. The second-order valence-corrected chi connectivity index (χ2v) is 3.22. The first kappa shape index (κ1) is 11.7. The molecule has 0 unspecified atom stereocenters. The van der Waals surface area contributed by atoms with Crippen molar-refractivity contribution in [3.63, 3.8) is 0 Å². The molecule has 2 aromatic heterocycles. The first-order valence-electron chi connectivity index (χ1n) is 4.82. The molecule has 0 saturated carbocycles. The Kier molecular flexibility index (Phi) is 3.86. The number of rotatable bonds is 0. The minimum Gasteiger partial charge on any atom is -0.320 e. The number of fused-ring (bicyclic) bond motifs is 1. The standard InChI is InChI=1S/C9H7ClN2O.C2H6/c1-5-6(10)4-11-7-2-3-8(13)12-9(5)7;1-2/h2-4H,1H3,(H,12,13);1-2H3. The third kappa shape index (κ3) is 2.36. The first-order valence-corrected chi connectivity index (χ1v) is 5.20. The van der Waals surface area contributed by atoms with Gasteiger partial charge in [-0.3, -0.25) is 9.78 Å². The van der Waals surface area contributed by atoms with E-state index in [1.807, 2.05) is 20.8 Å². The van der Waals surface area contributed by atoms with Crippen LogP contribution in [0.3, 0.4) is 0 Å². The summed E-state index contributed by atoms with van der Waals surface area (Å²) in [6, 6.07) is 3.13. The molecule has 3 nitrogen and oxygen atoms in total. The van der Waals surface area contributed by atoms with E-state index in [0.29, 0.717) is 10.5 Å². The number of H-pyrrole nitrogens is 1. The predicted molar refractivity (Wildman–Crippen MR) is 63.5 cm³/mol. The van der Waals surface area contributed by atoms with Gasteiger partial charge < -0.3 is 4.98 Å². The van der Waals surface area contributed by atoms with Gasteiger partial charge in [0.05, 0.1) is 16.1 Å². The van der Waals surface area contributed by atoms with Crippen molar-refractivity contribution < 1.29 is 0 Å². The highest BCUT2D eigenvalue weighted by atomic mass is 35.5. The predicted octanol–water partition coefficient (Wildman–Crippen LogP) is 2.91. The fourth-order valence-electron chi connectivity index (χ4n) is 1.20. The van der Waals surface area contributed by atoms with Crippen LogP contribution in [0.4, 0.5) is 0 Å². The van der Waals surface area contributed by atoms with Crippen LogP contribution in [0.15, 0.2) is 23.1 Å². The zero-order chi connectivity index (χ0) is 11.4. The number of aromatic amines is 1. The molecular formula is C11H13ClN2O. The van der Waals surface area contributed by atoms with Crippen LogP contribution in [0.25, 0.3) is 11.0 Å². The first-order chi connectivity index (χ1) is 7.18. The zero-order valence-electron chi connectivity index (χ0n) is 8.97. The van der Waals surface area contributed by atoms with Gasteiger partial charge in [-0.1, -0.05) is 25.4 Å². The fraction of sp³-hybridized carbons (Fsp3) is 0.273. The molecule has 0 amide bonds. The van der Waals surface area contributed by atoms with E-state index in [9.17, 15) is 4.79 Å². The number of nitrogens with one attached hydrogen (secondary N) is 1. The summed E-state index contributed by atoms with van der Waals surface area (Å²) in [5, 5.41) is 0.564. The quantitative estimate of drug-likeness (QED) is 0.748.